The summed E-state index contributed by atoms with van der Waals surface area (Å²) in [6.07, 6.45) is 5.04. The van der Waals surface area contributed by atoms with Crippen molar-refractivity contribution in [1.29, 1.82) is 0 Å². The number of hydrogen-bond donors (Lipinski definition) is 2. The van der Waals surface area contributed by atoms with Crippen LogP contribution in [0.1, 0.15) is 44.1 Å². The van der Waals surface area contributed by atoms with E-state index in [0.717, 1.165) is 44.3 Å². The van der Waals surface area contributed by atoms with Crippen molar-refractivity contribution < 1.29 is 17.6 Å². The zero-order chi connectivity index (χ0) is 26.0. The number of amides is 1. The van der Waals surface area contributed by atoms with Crippen molar-refractivity contribution in [3.05, 3.63) is 83.1 Å². The van der Waals surface area contributed by atoms with Crippen LogP contribution >= 0.6 is 11.6 Å². The first-order valence-corrected chi connectivity index (χ1v) is 14.4. The average Bonchev–Trinajstić information content (AvgIpc) is 3.59. The van der Waals surface area contributed by atoms with Crippen LogP contribution in [0.5, 0.6) is 0 Å². The number of rotatable bonds is 7. The molecule has 0 atom stereocenters. The number of hydrogen-bond acceptors (Lipinski definition) is 4. The van der Waals surface area contributed by atoms with Gasteiger partial charge in [-0.2, -0.15) is 0 Å². The molecule has 1 saturated heterocycles. The number of benzene rings is 3. The van der Waals surface area contributed by atoms with Crippen molar-refractivity contribution in [3.8, 4) is 0 Å². The van der Waals surface area contributed by atoms with Gasteiger partial charge < -0.3 is 10.2 Å². The predicted molar refractivity (Wildman–Crippen MR) is 145 cm³/mol. The molecule has 5 rings (SSSR count). The van der Waals surface area contributed by atoms with Crippen LogP contribution in [0.25, 0.3) is 0 Å². The monoisotopic (exact) mass is 541 g/mol. The number of para-hydroxylation sites is 1. The Hall–Kier alpha value is -3.10. The molecule has 6 nitrogen and oxygen atoms in total. The summed E-state index contributed by atoms with van der Waals surface area (Å²) >= 11 is 6.22. The van der Waals surface area contributed by atoms with Gasteiger partial charge in [0.1, 0.15) is 10.7 Å². The van der Waals surface area contributed by atoms with Gasteiger partial charge in [-0.05, 0) is 73.7 Å². The number of carbonyl (C=O) groups excluding carboxylic acids is 1. The number of anilines is 3. The van der Waals surface area contributed by atoms with Crippen molar-refractivity contribution in [3.63, 3.8) is 0 Å². The molecule has 3 aromatic rings. The Morgan fingerprint density at radius 1 is 0.919 bits per heavy atom. The molecule has 0 aromatic heterocycles. The fourth-order valence-corrected chi connectivity index (χ4v) is 6.99. The minimum absolute atomic E-state index is 0.0781. The molecule has 0 radical (unpaired) electrons. The molecule has 1 heterocycles. The summed E-state index contributed by atoms with van der Waals surface area (Å²) in [6.45, 7) is 1.52. The van der Waals surface area contributed by atoms with Crippen LogP contribution in [0.2, 0.25) is 5.02 Å². The van der Waals surface area contributed by atoms with Crippen molar-refractivity contribution >= 4 is 44.6 Å². The van der Waals surface area contributed by atoms with Gasteiger partial charge in [-0.3, -0.25) is 9.52 Å². The first kappa shape index (κ1) is 25.5. The van der Waals surface area contributed by atoms with Gasteiger partial charge >= 0.3 is 0 Å². The fourth-order valence-electron chi connectivity index (χ4n) is 5.42. The molecule has 1 amide bonds. The van der Waals surface area contributed by atoms with Gasteiger partial charge in [-0.1, -0.05) is 48.7 Å². The second-order valence-electron chi connectivity index (χ2n) is 9.71. The largest absolute Gasteiger partial charge is 0.370 e. The van der Waals surface area contributed by atoms with E-state index in [4.69, 9.17) is 11.6 Å². The molecule has 2 N–H and O–H groups in total. The van der Waals surface area contributed by atoms with Gasteiger partial charge in [-0.25, -0.2) is 12.8 Å². The normalized spacial score (nSPS) is 17.1. The SMILES string of the molecule is O=C(Nc1ccc(N2CCCC2)c(S(=O)(=O)Nc2ccccc2Cl)c1)C1(c2ccc(F)cc2)CCCC1. The first-order chi connectivity index (χ1) is 17.8. The summed E-state index contributed by atoms with van der Waals surface area (Å²) in [7, 11) is -4.02. The zero-order valence-electron chi connectivity index (χ0n) is 20.3. The molecular formula is C28H29ClFN3O3S. The summed E-state index contributed by atoms with van der Waals surface area (Å²) in [5, 5.41) is 3.27. The maximum Gasteiger partial charge on any atom is 0.264 e. The third-order valence-electron chi connectivity index (χ3n) is 7.36. The lowest BCUT2D eigenvalue weighted by molar-refractivity contribution is -0.121. The van der Waals surface area contributed by atoms with E-state index in [-0.39, 0.29) is 22.3 Å². The number of sulfonamides is 1. The van der Waals surface area contributed by atoms with Crippen LogP contribution in [0, 0.1) is 5.82 Å². The van der Waals surface area contributed by atoms with Crippen molar-refractivity contribution in [2.24, 2.45) is 0 Å². The Labute approximate surface area is 221 Å². The smallest absolute Gasteiger partial charge is 0.264 e. The minimum Gasteiger partial charge on any atom is -0.370 e. The topological polar surface area (TPSA) is 78.5 Å². The van der Waals surface area contributed by atoms with Gasteiger partial charge in [0.05, 0.1) is 21.8 Å². The van der Waals surface area contributed by atoms with Crippen LogP contribution < -0.4 is 14.9 Å². The van der Waals surface area contributed by atoms with Crippen molar-refractivity contribution in [1.82, 2.24) is 0 Å². The Morgan fingerprint density at radius 2 is 1.59 bits per heavy atom. The molecule has 3 aromatic carbocycles. The number of nitrogens with zero attached hydrogens (tertiary/aromatic N) is 1. The number of carbonyl (C=O) groups is 1. The van der Waals surface area contributed by atoms with E-state index in [1.54, 1.807) is 48.5 Å². The van der Waals surface area contributed by atoms with Crippen LogP contribution in [0.3, 0.4) is 0 Å². The molecule has 37 heavy (non-hydrogen) atoms. The maximum absolute atomic E-state index is 13.7. The van der Waals surface area contributed by atoms with E-state index in [1.807, 2.05) is 4.90 Å². The third kappa shape index (κ3) is 5.18. The quantitative estimate of drug-likeness (QED) is 0.366. The summed E-state index contributed by atoms with van der Waals surface area (Å²) in [4.78, 5) is 15.8. The van der Waals surface area contributed by atoms with E-state index in [2.05, 4.69) is 10.0 Å². The highest BCUT2D eigenvalue weighted by Crippen LogP contribution is 2.42. The van der Waals surface area contributed by atoms with Gasteiger partial charge in [0.15, 0.2) is 0 Å². The van der Waals surface area contributed by atoms with Crippen molar-refractivity contribution in [2.75, 3.05) is 28.0 Å². The van der Waals surface area contributed by atoms with E-state index in [9.17, 15) is 17.6 Å². The van der Waals surface area contributed by atoms with Gasteiger partial charge in [0, 0.05) is 18.8 Å². The molecule has 1 saturated carbocycles. The minimum atomic E-state index is -4.02. The van der Waals surface area contributed by atoms with E-state index in [1.165, 1.54) is 18.2 Å². The Kier molecular flexibility index (Phi) is 7.14. The average molecular weight is 542 g/mol. The highest BCUT2D eigenvalue weighted by Gasteiger charge is 2.43. The fraction of sp³-hybridized carbons (Fsp3) is 0.321. The zero-order valence-corrected chi connectivity index (χ0v) is 21.9. The summed E-state index contributed by atoms with van der Waals surface area (Å²) in [5.41, 5.74) is 1.25. The molecule has 0 unspecified atom stereocenters. The molecule has 1 aliphatic heterocycles. The molecule has 9 heteroatoms. The summed E-state index contributed by atoms with van der Waals surface area (Å²) in [6, 6.07) is 17.7. The van der Waals surface area contributed by atoms with E-state index < -0.39 is 15.4 Å². The van der Waals surface area contributed by atoms with Gasteiger partial charge in [0.25, 0.3) is 10.0 Å². The summed E-state index contributed by atoms with van der Waals surface area (Å²) < 4.78 is 43.4. The molecule has 0 bridgehead atoms. The van der Waals surface area contributed by atoms with Crippen LogP contribution in [0.4, 0.5) is 21.5 Å². The second-order valence-corrected chi connectivity index (χ2v) is 11.8. The van der Waals surface area contributed by atoms with Crippen LogP contribution in [-0.4, -0.2) is 27.4 Å². The first-order valence-electron chi connectivity index (χ1n) is 12.5. The Bertz CT molecular complexity index is 1400. The van der Waals surface area contributed by atoms with Crippen LogP contribution in [-0.2, 0) is 20.2 Å². The van der Waals surface area contributed by atoms with Crippen LogP contribution in [0.15, 0.2) is 71.6 Å². The number of halogens is 2. The Morgan fingerprint density at radius 3 is 2.27 bits per heavy atom. The Balaban J connectivity index is 1.49. The van der Waals surface area contributed by atoms with E-state index >= 15 is 0 Å². The lowest BCUT2D eigenvalue weighted by Gasteiger charge is -2.29. The molecule has 0 spiro atoms. The van der Waals surface area contributed by atoms with Crippen molar-refractivity contribution in [2.45, 2.75) is 48.8 Å². The molecular weight excluding hydrogens is 513 g/mol. The predicted octanol–water partition coefficient (Wildman–Crippen LogP) is 6.33. The second kappa shape index (κ2) is 10.3. The lowest BCUT2D eigenvalue weighted by Crippen LogP contribution is -2.38. The lowest BCUT2D eigenvalue weighted by atomic mass is 9.78. The third-order valence-corrected chi connectivity index (χ3v) is 9.08. The standard InChI is InChI=1S/C28H29ClFN3O3S/c29-23-7-1-2-8-24(23)32-37(35,36)26-19-22(13-14-25(26)33-17-5-6-18-33)31-27(34)28(15-3-4-16-28)20-9-11-21(30)12-10-20/h1-2,7-14,19,32H,3-6,15-18H2,(H,31,34). The summed E-state index contributed by atoms with van der Waals surface area (Å²) in [5.74, 6) is -0.566. The molecule has 194 valence electrons. The van der Waals surface area contributed by atoms with E-state index in [0.29, 0.717) is 29.2 Å². The molecule has 1 aliphatic carbocycles. The maximum atomic E-state index is 13.7. The van der Waals surface area contributed by atoms with Gasteiger partial charge in [0.2, 0.25) is 5.91 Å². The molecule has 2 fully saturated rings. The number of nitrogens with one attached hydrogen (secondary N) is 2. The molecule has 2 aliphatic rings. The highest BCUT2D eigenvalue weighted by molar-refractivity contribution is 7.93. The highest BCUT2D eigenvalue weighted by atomic mass is 35.5. The van der Waals surface area contributed by atoms with Gasteiger partial charge in [-0.15, -0.1) is 0 Å².